The standard InChI is InChI=1S/C35H64O/c1-24(2)13-12-14-25(3)26-17-21-35(11)28-15-16-29-32(7,8)30(36-23-31(4,5)6)19-20-33(29,9)27(28)18-22-34(26,35)10/h24-30H,12-23H2,1-11H3. The minimum atomic E-state index is 0.252. The van der Waals surface area contributed by atoms with Gasteiger partial charge in [-0.2, -0.15) is 0 Å². The second kappa shape index (κ2) is 9.86. The Morgan fingerprint density at radius 2 is 1.42 bits per heavy atom. The molecule has 1 nitrogen and oxygen atoms in total. The molecule has 9 unspecified atom stereocenters. The van der Waals surface area contributed by atoms with Gasteiger partial charge in [0.25, 0.3) is 0 Å². The number of hydrogen-bond donors (Lipinski definition) is 0. The van der Waals surface area contributed by atoms with E-state index in [0.29, 0.717) is 22.3 Å². The van der Waals surface area contributed by atoms with E-state index >= 15 is 0 Å². The Hall–Kier alpha value is -0.0400. The number of fused-ring (bicyclic) bond motifs is 5. The molecule has 0 radical (unpaired) electrons. The van der Waals surface area contributed by atoms with Crippen molar-refractivity contribution < 1.29 is 4.74 Å². The number of rotatable bonds is 7. The highest BCUT2D eigenvalue weighted by Gasteiger charge is 2.67. The molecule has 1 heteroatoms. The number of ether oxygens (including phenoxy) is 1. The van der Waals surface area contributed by atoms with Crippen LogP contribution in [0.2, 0.25) is 0 Å². The van der Waals surface area contributed by atoms with Crippen LogP contribution >= 0.6 is 0 Å². The van der Waals surface area contributed by atoms with Crippen LogP contribution in [0.25, 0.3) is 0 Å². The summed E-state index contributed by atoms with van der Waals surface area (Å²) in [5, 5.41) is 0. The number of hydrogen-bond acceptors (Lipinski definition) is 1. The van der Waals surface area contributed by atoms with Crippen LogP contribution in [-0.2, 0) is 4.74 Å². The first-order valence-electron chi connectivity index (χ1n) is 16.2. The predicted molar refractivity (Wildman–Crippen MR) is 156 cm³/mol. The molecule has 4 rings (SSSR count). The van der Waals surface area contributed by atoms with Crippen LogP contribution in [0.3, 0.4) is 0 Å². The molecule has 4 aliphatic rings. The molecule has 9 atom stereocenters. The van der Waals surface area contributed by atoms with Crippen molar-refractivity contribution in [2.45, 2.75) is 153 Å². The minimum absolute atomic E-state index is 0.252. The highest BCUT2D eigenvalue weighted by atomic mass is 16.5. The van der Waals surface area contributed by atoms with Gasteiger partial charge in [0.1, 0.15) is 0 Å². The van der Waals surface area contributed by atoms with Crippen molar-refractivity contribution >= 4 is 0 Å². The fourth-order valence-corrected chi connectivity index (χ4v) is 11.1. The first kappa shape index (κ1) is 29.0. The normalized spacial score (nSPS) is 45.2. The summed E-state index contributed by atoms with van der Waals surface area (Å²) in [7, 11) is 0. The molecule has 210 valence electrons. The summed E-state index contributed by atoms with van der Waals surface area (Å²) >= 11 is 0. The van der Waals surface area contributed by atoms with Crippen molar-refractivity contribution in [3.63, 3.8) is 0 Å². The largest absolute Gasteiger partial charge is 0.377 e. The van der Waals surface area contributed by atoms with E-state index < -0.39 is 0 Å². The summed E-state index contributed by atoms with van der Waals surface area (Å²) in [5.74, 6) is 5.36. The SMILES string of the molecule is CC(C)CCCC(C)C1CCC2(C)C3CCC4C(C)(C)C(OCC(C)(C)C)CCC4(C)C3CCC12C. The van der Waals surface area contributed by atoms with Crippen LogP contribution in [0.1, 0.15) is 147 Å². The van der Waals surface area contributed by atoms with Gasteiger partial charge >= 0.3 is 0 Å². The van der Waals surface area contributed by atoms with E-state index in [1.54, 1.807) is 0 Å². The second-order valence-electron chi connectivity index (χ2n) is 17.4. The maximum atomic E-state index is 6.69. The van der Waals surface area contributed by atoms with Crippen LogP contribution in [0, 0.1) is 62.6 Å². The molecule has 0 heterocycles. The molecule has 36 heavy (non-hydrogen) atoms. The van der Waals surface area contributed by atoms with Crippen molar-refractivity contribution in [3.8, 4) is 0 Å². The van der Waals surface area contributed by atoms with Gasteiger partial charge in [-0.15, -0.1) is 0 Å². The zero-order chi connectivity index (χ0) is 26.7. The Labute approximate surface area is 226 Å². The lowest BCUT2D eigenvalue weighted by Gasteiger charge is -2.67. The lowest BCUT2D eigenvalue weighted by atomic mass is 9.38. The average molecular weight is 501 g/mol. The van der Waals surface area contributed by atoms with Crippen LogP contribution in [-0.4, -0.2) is 12.7 Å². The molecule has 0 aliphatic heterocycles. The molecule has 0 bridgehead atoms. The summed E-state index contributed by atoms with van der Waals surface area (Å²) in [6.45, 7) is 28.7. The van der Waals surface area contributed by atoms with Crippen LogP contribution in [0.15, 0.2) is 0 Å². The molecular weight excluding hydrogens is 436 g/mol. The highest BCUT2D eigenvalue weighted by molar-refractivity contribution is 5.16. The van der Waals surface area contributed by atoms with Gasteiger partial charge in [-0.3, -0.25) is 0 Å². The topological polar surface area (TPSA) is 9.23 Å². The van der Waals surface area contributed by atoms with Crippen molar-refractivity contribution in [2.24, 2.45) is 62.6 Å². The predicted octanol–water partition coefficient (Wildman–Crippen LogP) is 10.6. The minimum Gasteiger partial charge on any atom is -0.377 e. The Morgan fingerprint density at radius 1 is 0.750 bits per heavy atom. The van der Waals surface area contributed by atoms with Crippen LogP contribution in [0.5, 0.6) is 0 Å². The third-order valence-corrected chi connectivity index (χ3v) is 13.3. The molecule has 0 spiro atoms. The van der Waals surface area contributed by atoms with Gasteiger partial charge in [-0.05, 0) is 114 Å². The Kier molecular flexibility index (Phi) is 7.93. The highest BCUT2D eigenvalue weighted by Crippen LogP contribution is 2.74. The molecule has 4 aliphatic carbocycles. The molecule has 0 aromatic carbocycles. The Morgan fingerprint density at radius 3 is 2.06 bits per heavy atom. The van der Waals surface area contributed by atoms with Crippen molar-refractivity contribution in [3.05, 3.63) is 0 Å². The maximum absolute atomic E-state index is 6.69. The maximum Gasteiger partial charge on any atom is 0.0629 e. The monoisotopic (exact) mass is 500 g/mol. The van der Waals surface area contributed by atoms with Crippen molar-refractivity contribution in [1.29, 1.82) is 0 Å². The lowest BCUT2D eigenvalue weighted by Crippen LogP contribution is -2.62. The lowest BCUT2D eigenvalue weighted by molar-refractivity contribution is -0.211. The van der Waals surface area contributed by atoms with E-state index in [1.807, 2.05) is 0 Å². The van der Waals surface area contributed by atoms with Gasteiger partial charge in [0, 0.05) is 0 Å². The second-order valence-corrected chi connectivity index (χ2v) is 17.4. The van der Waals surface area contributed by atoms with Gasteiger partial charge in [-0.1, -0.05) is 95.4 Å². The molecular formula is C35H64O. The molecule has 4 saturated carbocycles. The zero-order valence-corrected chi connectivity index (χ0v) is 26.4. The third kappa shape index (κ3) is 4.77. The van der Waals surface area contributed by atoms with Gasteiger partial charge in [0.15, 0.2) is 0 Å². The Bertz CT molecular complexity index is 759. The van der Waals surface area contributed by atoms with Gasteiger partial charge < -0.3 is 4.74 Å². The van der Waals surface area contributed by atoms with Crippen LogP contribution < -0.4 is 0 Å². The molecule has 0 saturated heterocycles. The third-order valence-electron chi connectivity index (χ3n) is 13.3. The van der Waals surface area contributed by atoms with Crippen LogP contribution in [0.4, 0.5) is 0 Å². The van der Waals surface area contributed by atoms with E-state index in [2.05, 4.69) is 76.2 Å². The van der Waals surface area contributed by atoms with Gasteiger partial charge in [0.2, 0.25) is 0 Å². The van der Waals surface area contributed by atoms with Gasteiger partial charge in [-0.25, -0.2) is 0 Å². The quantitative estimate of drug-likeness (QED) is 0.338. The summed E-state index contributed by atoms with van der Waals surface area (Å²) in [6.07, 6.45) is 16.2. The van der Waals surface area contributed by atoms with Gasteiger partial charge in [0.05, 0.1) is 12.7 Å². The summed E-state index contributed by atoms with van der Waals surface area (Å²) in [5.41, 5.74) is 2.14. The fourth-order valence-electron chi connectivity index (χ4n) is 11.1. The first-order valence-corrected chi connectivity index (χ1v) is 16.2. The summed E-state index contributed by atoms with van der Waals surface area (Å²) in [6, 6.07) is 0. The van der Waals surface area contributed by atoms with E-state index in [9.17, 15) is 0 Å². The smallest absolute Gasteiger partial charge is 0.0629 e. The van der Waals surface area contributed by atoms with E-state index in [-0.39, 0.29) is 10.8 Å². The Balaban J connectivity index is 1.51. The molecule has 4 fully saturated rings. The summed E-state index contributed by atoms with van der Waals surface area (Å²) in [4.78, 5) is 0. The van der Waals surface area contributed by atoms with Crippen molar-refractivity contribution in [1.82, 2.24) is 0 Å². The zero-order valence-electron chi connectivity index (χ0n) is 26.4. The fraction of sp³-hybridized carbons (Fsp3) is 1.00. The van der Waals surface area contributed by atoms with E-state index in [4.69, 9.17) is 4.74 Å². The van der Waals surface area contributed by atoms with E-state index in [1.165, 1.54) is 70.6 Å². The summed E-state index contributed by atoms with van der Waals surface area (Å²) < 4.78 is 6.69. The molecule has 0 aromatic rings. The molecule has 0 amide bonds. The molecule has 0 aromatic heterocycles. The van der Waals surface area contributed by atoms with E-state index in [0.717, 1.165) is 42.1 Å². The van der Waals surface area contributed by atoms with Crippen molar-refractivity contribution in [2.75, 3.05) is 6.61 Å². The molecule has 0 N–H and O–H groups in total. The average Bonchev–Trinajstić information content (AvgIpc) is 3.03. The first-order chi connectivity index (χ1) is 16.6.